The van der Waals surface area contributed by atoms with Crippen LogP contribution in [0.2, 0.25) is 0 Å². The van der Waals surface area contributed by atoms with E-state index in [4.69, 9.17) is 9.47 Å². The molecule has 26 heavy (non-hydrogen) atoms. The second-order valence-corrected chi connectivity index (χ2v) is 8.73. The van der Waals surface area contributed by atoms with Crippen molar-refractivity contribution in [3.05, 3.63) is 35.9 Å². The minimum absolute atomic E-state index is 0.0460. The minimum Gasteiger partial charge on any atom is -0.458 e. The third kappa shape index (κ3) is 2.32. The average Bonchev–Trinajstić information content (AvgIpc) is 2.57. The molecule has 0 unspecified atom stereocenters. The molecular formula is C21H24O5. The van der Waals surface area contributed by atoms with Crippen LogP contribution in [-0.2, 0) is 19.1 Å². The van der Waals surface area contributed by atoms with Gasteiger partial charge >= 0.3 is 11.9 Å². The fourth-order valence-electron chi connectivity index (χ4n) is 5.18. The quantitative estimate of drug-likeness (QED) is 0.472. The molecule has 3 fully saturated rings. The second-order valence-electron chi connectivity index (χ2n) is 8.73. The van der Waals surface area contributed by atoms with Gasteiger partial charge in [-0.1, -0.05) is 30.3 Å². The average molecular weight is 356 g/mol. The number of cyclic esters (lactones) is 1. The fourth-order valence-corrected chi connectivity index (χ4v) is 5.18. The van der Waals surface area contributed by atoms with Gasteiger partial charge in [-0.2, -0.15) is 0 Å². The molecule has 2 saturated heterocycles. The van der Waals surface area contributed by atoms with Crippen molar-refractivity contribution in [2.45, 2.75) is 57.7 Å². The summed E-state index contributed by atoms with van der Waals surface area (Å²) in [7, 11) is 0. The smallest absolute Gasteiger partial charge is 0.324 e. The van der Waals surface area contributed by atoms with Crippen LogP contribution < -0.4 is 0 Å². The van der Waals surface area contributed by atoms with Crippen molar-refractivity contribution in [3.63, 3.8) is 0 Å². The highest BCUT2D eigenvalue weighted by Crippen LogP contribution is 2.60. The summed E-state index contributed by atoms with van der Waals surface area (Å²) >= 11 is 0. The molecular weight excluding hydrogens is 332 g/mol. The van der Waals surface area contributed by atoms with Gasteiger partial charge in [0.25, 0.3) is 0 Å². The number of carbonyl (C=O) groups excluding carboxylic acids is 3. The summed E-state index contributed by atoms with van der Waals surface area (Å²) in [5.41, 5.74) is -2.22. The lowest BCUT2D eigenvalue weighted by atomic mass is 9.52. The van der Waals surface area contributed by atoms with Crippen molar-refractivity contribution < 1.29 is 23.9 Å². The monoisotopic (exact) mass is 356 g/mol. The molecule has 0 amide bonds. The van der Waals surface area contributed by atoms with E-state index < -0.39 is 28.6 Å². The largest absolute Gasteiger partial charge is 0.458 e. The first-order valence-electron chi connectivity index (χ1n) is 9.23. The Balaban J connectivity index is 1.77. The van der Waals surface area contributed by atoms with Crippen LogP contribution in [0.5, 0.6) is 0 Å². The molecule has 2 heterocycles. The second kappa shape index (κ2) is 5.41. The van der Waals surface area contributed by atoms with Crippen molar-refractivity contribution in [1.82, 2.24) is 0 Å². The Bertz CT molecular complexity index is 773. The van der Waals surface area contributed by atoms with Crippen LogP contribution in [0.4, 0.5) is 0 Å². The van der Waals surface area contributed by atoms with Gasteiger partial charge in [0.1, 0.15) is 11.2 Å². The van der Waals surface area contributed by atoms with Crippen LogP contribution in [0.3, 0.4) is 0 Å². The number of ketones is 1. The predicted octanol–water partition coefficient (Wildman–Crippen LogP) is 3.31. The number of hydrogen-bond donors (Lipinski definition) is 0. The van der Waals surface area contributed by atoms with E-state index in [0.717, 1.165) is 12.8 Å². The number of fused-ring (bicyclic) bond motifs is 1. The summed E-state index contributed by atoms with van der Waals surface area (Å²) in [4.78, 5) is 39.0. The van der Waals surface area contributed by atoms with Crippen LogP contribution in [-0.4, -0.2) is 28.9 Å². The van der Waals surface area contributed by atoms with Gasteiger partial charge in [0.2, 0.25) is 0 Å². The lowest BCUT2D eigenvalue weighted by molar-refractivity contribution is -0.249. The molecule has 4 rings (SSSR count). The van der Waals surface area contributed by atoms with Gasteiger partial charge in [-0.05, 0) is 46.0 Å². The van der Waals surface area contributed by atoms with Gasteiger partial charge in [0, 0.05) is 17.9 Å². The predicted molar refractivity (Wildman–Crippen MR) is 93.3 cm³/mol. The van der Waals surface area contributed by atoms with Crippen LogP contribution in [0.1, 0.15) is 56.8 Å². The molecule has 0 N–H and O–H groups in total. The molecule has 1 aromatic carbocycles. The van der Waals surface area contributed by atoms with Gasteiger partial charge in [0.05, 0.1) is 0 Å². The molecule has 0 aromatic heterocycles. The van der Waals surface area contributed by atoms with E-state index in [1.807, 2.05) is 26.8 Å². The highest BCUT2D eigenvalue weighted by atomic mass is 16.6. The van der Waals surface area contributed by atoms with E-state index in [-0.39, 0.29) is 24.0 Å². The van der Waals surface area contributed by atoms with E-state index in [0.29, 0.717) is 12.0 Å². The molecule has 3 aliphatic rings. The Kier molecular flexibility index (Phi) is 3.59. The summed E-state index contributed by atoms with van der Waals surface area (Å²) in [6.07, 6.45) is 1.98. The van der Waals surface area contributed by atoms with Crippen LogP contribution >= 0.6 is 0 Å². The first-order chi connectivity index (χ1) is 12.2. The van der Waals surface area contributed by atoms with E-state index in [2.05, 4.69) is 0 Å². The number of rotatable bonds is 3. The molecule has 2 bridgehead atoms. The molecule has 1 aliphatic carbocycles. The zero-order chi connectivity index (χ0) is 18.7. The Labute approximate surface area is 153 Å². The number of esters is 2. The summed E-state index contributed by atoms with van der Waals surface area (Å²) in [5.74, 6) is -1.61. The fraction of sp³-hybridized carbons (Fsp3) is 0.571. The topological polar surface area (TPSA) is 69.7 Å². The molecule has 0 spiro atoms. The molecule has 2 aliphatic heterocycles. The van der Waals surface area contributed by atoms with Crippen LogP contribution in [0.25, 0.3) is 0 Å². The Hall–Kier alpha value is -2.17. The number of Topliss-reactive ketones (excluding diaryl/α,β-unsaturated/α-hetero) is 1. The normalized spacial score (nSPS) is 37.5. The molecule has 138 valence electrons. The summed E-state index contributed by atoms with van der Waals surface area (Å²) in [6, 6.07) is 8.77. The summed E-state index contributed by atoms with van der Waals surface area (Å²) < 4.78 is 11.4. The van der Waals surface area contributed by atoms with Crippen molar-refractivity contribution in [1.29, 1.82) is 0 Å². The molecule has 4 atom stereocenters. The highest BCUT2D eigenvalue weighted by Gasteiger charge is 2.70. The number of benzene rings is 1. The first-order valence-corrected chi connectivity index (χ1v) is 9.23. The van der Waals surface area contributed by atoms with Gasteiger partial charge < -0.3 is 9.47 Å². The Morgan fingerprint density at radius 1 is 1.04 bits per heavy atom. The van der Waals surface area contributed by atoms with Gasteiger partial charge in [-0.3, -0.25) is 14.4 Å². The number of carbonyl (C=O) groups is 3. The van der Waals surface area contributed by atoms with Crippen LogP contribution in [0.15, 0.2) is 30.3 Å². The van der Waals surface area contributed by atoms with E-state index in [1.54, 1.807) is 24.3 Å². The standard InChI is InChI=1S/C21H24O5/c1-19(2)14-9-10-20(3)11-15(14)21(17(23)25-19,18(24)26-20)12-16(22)13-7-5-4-6-8-13/h4-8,14-15H,9-12H2,1-3H3/t14-,15+,20-,21+/m1/s1. The third-order valence-electron chi connectivity index (χ3n) is 6.61. The molecule has 5 heteroatoms. The highest BCUT2D eigenvalue weighted by molar-refractivity contribution is 6.08. The van der Waals surface area contributed by atoms with Crippen LogP contribution in [0, 0.1) is 17.3 Å². The molecule has 1 saturated carbocycles. The van der Waals surface area contributed by atoms with E-state index >= 15 is 0 Å². The number of ether oxygens (including phenoxy) is 2. The van der Waals surface area contributed by atoms with Gasteiger partial charge in [0.15, 0.2) is 11.2 Å². The maximum atomic E-state index is 13.1. The SMILES string of the molecule is CC1(C)OC(=O)[C@@]2(CC(=O)c3ccccc3)C(=O)O[C@]3(C)CC[C@@H]1[C@@H]2C3. The Morgan fingerprint density at radius 2 is 1.69 bits per heavy atom. The first kappa shape index (κ1) is 17.3. The molecule has 5 nitrogen and oxygen atoms in total. The molecule has 0 radical (unpaired) electrons. The van der Waals surface area contributed by atoms with Crippen molar-refractivity contribution in [3.8, 4) is 0 Å². The molecule has 1 aromatic rings. The van der Waals surface area contributed by atoms with Crippen molar-refractivity contribution in [2.75, 3.05) is 0 Å². The van der Waals surface area contributed by atoms with Gasteiger partial charge in [-0.15, -0.1) is 0 Å². The summed E-state index contributed by atoms with van der Waals surface area (Å²) in [5, 5.41) is 0. The minimum atomic E-state index is -1.52. The summed E-state index contributed by atoms with van der Waals surface area (Å²) in [6.45, 7) is 5.74. The number of hydrogen-bond acceptors (Lipinski definition) is 5. The van der Waals surface area contributed by atoms with E-state index in [9.17, 15) is 14.4 Å². The maximum Gasteiger partial charge on any atom is 0.324 e. The lowest BCUT2D eigenvalue weighted by Crippen LogP contribution is -2.68. The van der Waals surface area contributed by atoms with Gasteiger partial charge in [-0.25, -0.2) is 0 Å². The maximum absolute atomic E-state index is 13.1. The zero-order valence-electron chi connectivity index (χ0n) is 15.4. The lowest BCUT2D eigenvalue weighted by Gasteiger charge is -2.59. The van der Waals surface area contributed by atoms with Crippen molar-refractivity contribution in [2.24, 2.45) is 17.3 Å². The third-order valence-corrected chi connectivity index (χ3v) is 6.61. The Morgan fingerprint density at radius 3 is 2.38 bits per heavy atom. The van der Waals surface area contributed by atoms with Crippen molar-refractivity contribution >= 4 is 17.7 Å². The van der Waals surface area contributed by atoms with E-state index in [1.165, 1.54) is 0 Å². The zero-order valence-corrected chi connectivity index (χ0v) is 15.4.